The highest BCUT2D eigenvalue weighted by Crippen LogP contribution is 2.45. The lowest BCUT2D eigenvalue weighted by Crippen LogP contribution is -2.56. The molecule has 1 aliphatic heterocycles. The van der Waals surface area contributed by atoms with Crippen molar-refractivity contribution >= 4 is 27.9 Å². The van der Waals surface area contributed by atoms with Gasteiger partial charge in [0.15, 0.2) is 5.54 Å². The number of hydrogen-bond donors (Lipinski definition) is 0. The molecular formula is C17H15F4NO7S. The lowest BCUT2D eigenvalue weighted by atomic mass is 9.94. The molecule has 2 aliphatic rings. The number of ether oxygens (including phenoxy) is 1. The highest BCUT2D eigenvalue weighted by molar-refractivity contribution is 7.87. The van der Waals surface area contributed by atoms with Gasteiger partial charge in [0.05, 0.1) is 17.7 Å². The van der Waals surface area contributed by atoms with Crippen molar-refractivity contribution in [1.82, 2.24) is 4.90 Å². The zero-order valence-corrected chi connectivity index (χ0v) is 16.1. The van der Waals surface area contributed by atoms with Crippen molar-refractivity contribution in [3.63, 3.8) is 0 Å². The van der Waals surface area contributed by atoms with Crippen LogP contribution in [0.1, 0.15) is 40.5 Å². The van der Waals surface area contributed by atoms with Crippen LogP contribution in [0.4, 0.5) is 17.6 Å². The minimum atomic E-state index is -6.19. The largest absolute Gasteiger partial charge is 0.523 e. The number of fused-ring (bicyclic) bond motifs is 1. The van der Waals surface area contributed by atoms with Gasteiger partial charge in [-0.3, -0.25) is 18.7 Å². The van der Waals surface area contributed by atoms with Crippen LogP contribution in [0.2, 0.25) is 0 Å². The summed E-state index contributed by atoms with van der Waals surface area (Å²) in [4.78, 5) is 38.7. The molecule has 30 heavy (non-hydrogen) atoms. The second kappa shape index (κ2) is 7.30. The summed E-state index contributed by atoms with van der Waals surface area (Å²) in [6.45, 7) is 1.14. The molecule has 13 heteroatoms. The van der Waals surface area contributed by atoms with E-state index in [0.29, 0.717) is 4.90 Å². The molecule has 1 fully saturated rings. The van der Waals surface area contributed by atoms with Gasteiger partial charge in [-0.15, -0.1) is 0 Å². The fraction of sp³-hybridized carbons (Fsp3) is 0.471. The van der Waals surface area contributed by atoms with Gasteiger partial charge in [-0.05, 0) is 19.1 Å². The summed E-state index contributed by atoms with van der Waals surface area (Å²) in [5.41, 5.74) is -8.37. The Morgan fingerprint density at radius 1 is 1.17 bits per heavy atom. The van der Waals surface area contributed by atoms with E-state index < -0.39 is 64.1 Å². The van der Waals surface area contributed by atoms with Gasteiger partial charge in [-0.25, -0.2) is 9.18 Å². The third-order valence-corrected chi connectivity index (χ3v) is 5.95. The number of alkyl halides is 4. The van der Waals surface area contributed by atoms with Crippen molar-refractivity contribution in [2.45, 2.75) is 43.1 Å². The van der Waals surface area contributed by atoms with Gasteiger partial charge in [0.25, 0.3) is 11.8 Å². The van der Waals surface area contributed by atoms with Crippen LogP contribution in [0, 0.1) is 0 Å². The van der Waals surface area contributed by atoms with Gasteiger partial charge < -0.3 is 4.74 Å². The predicted octanol–water partition coefficient (Wildman–Crippen LogP) is 1.95. The van der Waals surface area contributed by atoms with Crippen LogP contribution >= 0.6 is 0 Å². The SMILES string of the molecule is CCOC(=O)[C@]1(N2C(=O)c3ccccc3C2=O)C[C@H](OS(=O)(=O)C(F)(F)F)[C@@H](F)C1. The van der Waals surface area contributed by atoms with Gasteiger partial charge in [-0.2, -0.15) is 21.6 Å². The van der Waals surface area contributed by atoms with Crippen LogP contribution in [0.5, 0.6) is 0 Å². The van der Waals surface area contributed by atoms with Crippen LogP contribution in [0.15, 0.2) is 24.3 Å². The minimum absolute atomic E-state index is 0.0890. The maximum absolute atomic E-state index is 14.6. The molecule has 1 aromatic rings. The Morgan fingerprint density at radius 2 is 1.70 bits per heavy atom. The van der Waals surface area contributed by atoms with E-state index in [0.717, 1.165) is 0 Å². The maximum Gasteiger partial charge on any atom is 0.523 e. The fourth-order valence-electron chi connectivity index (χ4n) is 3.59. The van der Waals surface area contributed by atoms with Crippen LogP contribution in [-0.4, -0.2) is 61.0 Å². The average Bonchev–Trinajstić information content (AvgIpc) is 3.10. The highest BCUT2D eigenvalue weighted by Gasteiger charge is 2.63. The molecule has 1 aliphatic carbocycles. The van der Waals surface area contributed by atoms with E-state index in [9.17, 15) is 40.4 Å². The zero-order chi connectivity index (χ0) is 22.5. The van der Waals surface area contributed by atoms with E-state index in [1.165, 1.54) is 31.2 Å². The van der Waals surface area contributed by atoms with Crippen molar-refractivity contribution in [2.75, 3.05) is 6.61 Å². The Hall–Kier alpha value is -2.54. The minimum Gasteiger partial charge on any atom is -0.464 e. The van der Waals surface area contributed by atoms with Crippen molar-refractivity contribution in [2.24, 2.45) is 0 Å². The quantitative estimate of drug-likeness (QED) is 0.221. The van der Waals surface area contributed by atoms with Gasteiger partial charge in [-0.1, -0.05) is 12.1 Å². The number of benzene rings is 1. The summed E-state index contributed by atoms with van der Waals surface area (Å²) in [7, 11) is -6.19. The predicted molar refractivity (Wildman–Crippen MR) is 90.3 cm³/mol. The molecule has 0 aromatic heterocycles. The normalized spacial score (nSPS) is 26.8. The van der Waals surface area contributed by atoms with Crippen LogP contribution in [0.25, 0.3) is 0 Å². The number of carbonyl (C=O) groups is 3. The highest BCUT2D eigenvalue weighted by atomic mass is 32.2. The number of nitrogens with zero attached hydrogens (tertiary/aromatic N) is 1. The molecule has 0 N–H and O–H groups in total. The van der Waals surface area contributed by atoms with Crippen molar-refractivity contribution in [3.8, 4) is 0 Å². The van der Waals surface area contributed by atoms with Gasteiger partial charge >= 0.3 is 21.6 Å². The maximum atomic E-state index is 14.6. The molecule has 0 radical (unpaired) electrons. The van der Waals surface area contributed by atoms with Crippen molar-refractivity contribution in [3.05, 3.63) is 35.4 Å². The van der Waals surface area contributed by atoms with E-state index in [-0.39, 0.29) is 17.7 Å². The Kier molecular flexibility index (Phi) is 5.39. The first-order valence-electron chi connectivity index (χ1n) is 8.64. The summed E-state index contributed by atoms with van der Waals surface area (Å²) >= 11 is 0. The van der Waals surface area contributed by atoms with Gasteiger partial charge in [0.1, 0.15) is 12.3 Å². The molecule has 8 nitrogen and oxygen atoms in total. The Balaban J connectivity index is 2.02. The number of esters is 1. The smallest absolute Gasteiger partial charge is 0.464 e. The summed E-state index contributed by atoms with van der Waals surface area (Å²) in [6.07, 6.45) is -6.66. The van der Waals surface area contributed by atoms with Crippen molar-refractivity contribution in [1.29, 1.82) is 0 Å². The first-order valence-corrected chi connectivity index (χ1v) is 10.1. The zero-order valence-electron chi connectivity index (χ0n) is 15.3. The fourth-order valence-corrected chi connectivity index (χ4v) is 4.22. The Morgan fingerprint density at radius 3 is 2.17 bits per heavy atom. The second-order valence-electron chi connectivity index (χ2n) is 6.70. The lowest BCUT2D eigenvalue weighted by molar-refractivity contribution is -0.155. The Labute approximate surface area is 167 Å². The van der Waals surface area contributed by atoms with E-state index in [1.807, 2.05) is 0 Å². The summed E-state index contributed by atoms with van der Waals surface area (Å²) in [5.74, 6) is -3.21. The summed E-state index contributed by atoms with van der Waals surface area (Å²) < 4.78 is 84.0. The van der Waals surface area contributed by atoms with Gasteiger partial charge in [0, 0.05) is 12.8 Å². The molecule has 1 heterocycles. The number of imide groups is 1. The molecule has 3 atom stereocenters. The van der Waals surface area contributed by atoms with E-state index in [1.54, 1.807) is 0 Å². The van der Waals surface area contributed by atoms with Crippen molar-refractivity contribution < 1.29 is 49.3 Å². The molecule has 0 unspecified atom stereocenters. The Bertz CT molecular complexity index is 975. The van der Waals surface area contributed by atoms with E-state index in [2.05, 4.69) is 4.18 Å². The monoisotopic (exact) mass is 453 g/mol. The topological polar surface area (TPSA) is 107 Å². The third kappa shape index (κ3) is 3.35. The number of carbonyl (C=O) groups excluding carboxylic acids is 3. The van der Waals surface area contributed by atoms with Crippen LogP contribution in [0.3, 0.4) is 0 Å². The molecule has 1 aromatic carbocycles. The first-order chi connectivity index (χ1) is 13.9. The second-order valence-corrected chi connectivity index (χ2v) is 8.27. The van der Waals surface area contributed by atoms with Gasteiger partial charge in [0.2, 0.25) is 0 Å². The van der Waals surface area contributed by atoms with Crippen LogP contribution < -0.4 is 0 Å². The number of hydrogen-bond acceptors (Lipinski definition) is 7. The number of amides is 2. The van der Waals surface area contributed by atoms with E-state index in [4.69, 9.17) is 4.74 Å². The average molecular weight is 453 g/mol. The molecular weight excluding hydrogens is 438 g/mol. The summed E-state index contributed by atoms with van der Waals surface area (Å²) in [6, 6.07) is 5.47. The molecule has 0 bridgehead atoms. The molecule has 164 valence electrons. The number of rotatable bonds is 5. The van der Waals surface area contributed by atoms with E-state index >= 15 is 0 Å². The standard InChI is InChI=1S/C17H15F4NO7S/c1-2-28-15(25)16(22-13(23)9-5-3-4-6-10(9)14(22)24)7-11(18)12(8-16)29-30(26,27)17(19,20)21/h3-6,11-12H,2,7-8H2,1H3/t11-,12-,16+/m0/s1. The molecule has 0 spiro atoms. The van der Waals surface area contributed by atoms with Crippen LogP contribution in [-0.2, 0) is 23.8 Å². The molecule has 0 saturated heterocycles. The first kappa shape index (κ1) is 22.2. The number of halogens is 4. The molecule has 1 saturated carbocycles. The summed E-state index contributed by atoms with van der Waals surface area (Å²) in [5, 5.41) is 0. The lowest BCUT2D eigenvalue weighted by Gasteiger charge is -2.34. The third-order valence-electron chi connectivity index (χ3n) is 4.89. The molecule has 3 rings (SSSR count). The molecule has 2 amide bonds.